The summed E-state index contributed by atoms with van der Waals surface area (Å²) in [5.74, 6) is 0.0725. The lowest BCUT2D eigenvalue weighted by molar-refractivity contribution is 0.0949. The number of Topliss-reactive ketones (excluding diaryl/α,β-unsaturated/α-hetero) is 1. The van der Waals surface area contributed by atoms with Crippen LogP contribution in [0.5, 0.6) is 0 Å². The molecule has 0 aliphatic heterocycles. The van der Waals surface area contributed by atoms with E-state index in [9.17, 15) is 4.79 Å². The second-order valence-electron chi connectivity index (χ2n) is 3.71. The minimum Gasteiger partial charge on any atom is -0.383 e. The van der Waals surface area contributed by atoms with Gasteiger partial charge in [-0.25, -0.2) is 0 Å². The lowest BCUT2D eigenvalue weighted by Crippen LogP contribution is -2.28. The Morgan fingerprint density at radius 1 is 1.53 bits per heavy atom. The van der Waals surface area contributed by atoms with Gasteiger partial charge in [0.25, 0.3) is 0 Å². The van der Waals surface area contributed by atoms with E-state index in [0.717, 1.165) is 11.1 Å². The molecule has 0 aliphatic carbocycles. The average Bonchev–Trinajstić information content (AvgIpc) is 2.18. The van der Waals surface area contributed by atoms with E-state index >= 15 is 0 Å². The smallest absolute Gasteiger partial charge is 0.164 e. The number of carbonyl (C=O) groups excluding carboxylic acids is 1. The van der Waals surface area contributed by atoms with Gasteiger partial charge in [-0.15, -0.1) is 0 Å². The fraction of sp³-hybridized carbons (Fsp3) is 0.417. The number of methoxy groups -OCH3 is 1. The van der Waals surface area contributed by atoms with Crippen molar-refractivity contribution in [2.75, 3.05) is 13.7 Å². The normalized spacial score (nSPS) is 12.5. The number of ketones is 1. The first-order valence-corrected chi connectivity index (χ1v) is 4.98. The highest BCUT2D eigenvalue weighted by Crippen LogP contribution is 2.07. The SMILES string of the molecule is COCC(N)CC(=O)c1cccc(C)c1. The van der Waals surface area contributed by atoms with Gasteiger partial charge in [0.2, 0.25) is 0 Å². The van der Waals surface area contributed by atoms with Crippen LogP contribution in [0.4, 0.5) is 0 Å². The van der Waals surface area contributed by atoms with Crippen LogP contribution in [-0.4, -0.2) is 25.5 Å². The zero-order chi connectivity index (χ0) is 11.3. The van der Waals surface area contributed by atoms with E-state index in [4.69, 9.17) is 10.5 Å². The zero-order valence-electron chi connectivity index (χ0n) is 9.19. The van der Waals surface area contributed by atoms with Crippen molar-refractivity contribution in [3.8, 4) is 0 Å². The van der Waals surface area contributed by atoms with Gasteiger partial charge in [0, 0.05) is 25.1 Å². The van der Waals surface area contributed by atoms with Gasteiger partial charge in [0.15, 0.2) is 5.78 Å². The molecular weight excluding hydrogens is 190 g/mol. The summed E-state index contributed by atoms with van der Waals surface area (Å²) in [6.07, 6.45) is 0.331. The van der Waals surface area contributed by atoms with Crippen LogP contribution in [0, 0.1) is 6.92 Å². The van der Waals surface area contributed by atoms with Crippen molar-refractivity contribution in [2.45, 2.75) is 19.4 Å². The van der Waals surface area contributed by atoms with Gasteiger partial charge in [-0.1, -0.05) is 23.8 Å². The highest BCUT2D eigenvalue weighted by molar-refractivity contribution is 5.96. The van der Waals surface area contributed by atoms with Crippen LogP contribution in [0.25, 0.3) is 0 Å². The van der Waals surface area contributed by atoms with Crippen molar-refractivity contribution >= 4 is 5.78 Å². The van der Waals surface area contributed by atoms with Crippen molar-refractivity contribution in [1.29, 1.82) is 0 Å². The topological polar surface area (TPSA) is 52.3 Å². The Kier molecular flexibility index (Phi) is 4.46. The van der Waals surface area contributed by atoms with Crippen LogP contribution in [0.15, 0.2) is 24.3 Å². The molecule has 0 fully saturated rings. The number of hydrogen-bond acceptors (Lipinski definition) is 3. The summed E-state index contributed by atoms with van der Waals surface area (Å²) in [6, 6.07) is 7.32. The number of ether oxygens (including phenoxy) is 1. The molecule has 1 aromatic rings. The largest absolute Gasteiger partial charge is 0.383 e. The van der Waals surface area contributed by atoms with Gasteiger partial charge in [-0.2, -0.15) is 0 Å². The predicted molar refractivity (Wildman–Crippen MR) is 60.0 cm³/mol. The molecule has 15 heavy (non-hydrogen) atoms. The van der Waals surface area contributed by atoms with Crippen LogP contribution in [0.3, 0.4) is 0 Å². The lowest BCUT2D eigenvalue weighted by atomic mass is 10.0. The lowest BCUT2D eigenvalue weighted by Gasteiger charge is -2.09. The maximum absolute atomic E-state index is 11.7. The van der Waals surface area contributed by atoms with Crippen LogP contribution in [0.1, 0.15) is 22.3 Å². The molecule has 2 N–H and O–H groups in total. The Hall–Kier alpha value is -1.19. The number of aryl methyl sites for hydroxylation is 1. The number of nitrogens with two attached hydrogens (primary N) is 1. The van der Waals surface area contributed by atoms with E-state index in [2.05, 4.69) is 0 Å². The monoisotopic (exact) mass is 207 g/mol. The van der Waals surface area contributed by atoms with Crippen LogP contribution >= 0.6 is 0 Å². The van der Waals surface area contributed by atoms with Crippen LogP contribution in [0.2, 0.25) is 0 Å². The Labute approximate surface area is 90.2 Å². The Morgan fingerprint density at radius 2 is 2.27 bits per heavy atom. The molecule has 0 bridgehead atoms. The average molecular weight is 207 g/mol. The fourth-order valence-corrected chi connectivity index (χ4v) is 1.45. The molecule has 0 saturated carbocycles. The number of rotatable bonds is 5. The second-order valence-corrected chi connectivity index (χ2v) is 3.71. The van der Waals surface area contributed by atoms with E-state index in [0.29, 0.717) is 13.0 Å². The molecule has 1 unspecified atom stereocenters. The molecule has 0 heterocycles. The summed E-state index contributed by atoms with van der Waals surface area (Å²) in [7, 11) is 1.58. The third-order valence-corrected chi connectivity index (χ3v) is 2.17. The number of carbonyl (C=O) groups is 1. The molecule has 0 spiro atoms. The van der Waals surface area contributed by atoms with E-state index in [1.165, 1.54) is 0 Å². The molecule has 0 saturated heterocycles. The number of benzene rings is 1. The molecule has 3 heteroatoms. The highest BCUT2D eigenvalue weighted by Gasteiger charge is 2.11. The van der Waals surface area contributed by atoms with Gasteiger partial charge < -0.3 is 10.5 Å². The minimum absolute atomic E-state index is 0.0725. The molecule has 82 valence electrons. The number of hydrogen-bond donors (Lipinski definition) is 1. The summed E-state index contributed by atoms with van der Waals surface area (Å²) in [5, 5.41) is 0. The molecule has 0 amide bonds. The first kappa shape index (κ1) is 11.9. The molecule has 1 rings (SSSR count). The Balaban J connectivity index is 2.61. The molecule has 0 aromatic heterocycles. The standard InChI is InChI=1S/C12H17NO2/c1-9-4-3-5-10(6-9)12(14)7-11(13)8-15-2/h3-6,11H,7-8,13H2,1-2H3. The molecular formula is C12H17NO2. The fourth-order valence-electron chi connectivity index (χ4n) is 1.45. The summed E-state index contributed by atoms with van der Waals surface area (Å²) >= 11 is 0. The molecule has 0 radical (unpaired) electrons. The predicted octanol–water partition coefficient (Wildman–Crippen LogP) is 1.54. The van der Waals surface area contributed by atoms with Gasteiger partial charge in [-0.3, -0.25) is 4.79 Å². The summed E-state index contributed by atoms with van der Waals surface area (Å²) in [6.45, 7) is 2.38. The second kappa shape index (κ2) is 5.63. The van der Waals surface area contributed by atoms with Crippen molar-refractivity contribution in [2.24, 2.45) is 5.73 Å². The maximum atomic E-state index is 11.7. The highest BCUT2D eigenvalue weighted by atomic mass is 16.5. The van der Waals surface area contributed by atoms with E-state index < -0.39 is 0 Å². The van der Waals surface area contributed by atoms with Crippen molar-refractivity contribution in [3.63, 3.8) is 0 Å². The Morgan fingerprint density at radius 3 is 2.87 bits per heavy atom. The third-order valence-electron chi connectivity index (χ3n) is 2.17. The van der Waals surface area contributed by atoms with Gasteiger partial charge in [0.1, 0.15) is 0 Å². The molecule has 1 aromatic carbocycles. The molecule has 1 atom stereocenters. The maximum Gasteiger partial charge on any atom is 0.164 e. The minimum atomic E-state index is -0.219. The van der Waals surface area contributed by atoms with E-state index in [1.54, 1.807) is 7.11 Å². The summed E-state index contributed by atoms with van der Waals surface area (Å²) in [4.78, 5) is 11.7. The van der Waals surface area contributed by atoms with Gasteiger partial charge >= 0.3 is 0 Å². The zero-order valence-corrected chi connectivity index (χ0v) is 9.19. The third kappa shape index (κ3) is 3.81. The quantitative estimate of drug-likeness (QED) is 0.745. The molecule has 3 nitrogen and oxygen atoms in total. The van der Waals surface area contributed by atoms with Crippen molar-refractivity contribution < 1.29 is 9.53 Å². The van der Waals surface area contributed by atoms with Crippen LogP contribution < -0.4 is 5.73 Å². The van der Waals surface area contributed by atoms with Gasteiger partial charge in [-0.05, 0) is 13.0 Å². The van der Waals surface area contributed by atoms with E-state index in [1.807, 2.05) is 31.2 Å². The van der Waals surface area contributed by atoms with Crippen LogP contribution in [-0.2, 0) is 4.74 Å². The van der Waals surface area contributed by atoms with Gasteiger partial charge in [0.05, 0.1) is 6.61 Å². The van der Waals surface area contributed by atoms with E-state index in [-0.39, 0.29) is 11.8 Å². The first-order valence-electron chi connectivity index (χ1n) is 4.98. The Bertz CT molecular complexity index is 336. The summed E-state index contributed by atoms with van der Waals surface area (Å²) in [5.41, 5.74) is 7.52. The first-order chi connectivity index (χ1) is 7.13. The van der Waals surface area contributed by atoms with Crippen molar-refractivity contribution in [1.82, 2.24) is 0 Å². The summed E-state index contributed by atoms with van der Waals surface area (Å²) < 4.78 is 4.89. The van der Waals surface area contributed by atoms with Crippen molar-refractivity contribution in [3.05, 3.63) is 35.4 Å². The molecule has 0 aliphatic rings.